The average molecular weight is 383 g/mol. The Bertz CT molecular complexity index is 996. The maximum absolute atomic E-state index is 12.2. The highest BCUT2D eigenvalue weighted by Crippen LogP contribution is 2.23. The summed E-state index contributed by atoms with van der Waals surface area (Å²) in [5.41, 5.74) is 1.11. The number of para-hydroxylation sites is 4. The molecule has 1 atom stereocenters. The van der Waals surface area contributed by atoms with Crippen LogP contribution in [0.25, 0.3) is 11.1 Å². The maximum Gasteiger partial charge on any atom is 0.307 e. The Kier molecular flexibility index (Phi) is 5.64. The summed E-state index contributed by atoms with van der Waals surface area (Å²) in [5.74, 6) is -0.868. The summed E-state index contributed by atoms with van der Waals surface area (Å²) >= 11 is 0. The zero-order chi connectivity index (χ0) is 20.1. The number of aromatic nitrogens is 1. The van der Waals surface area contributed by atoms with E-state index in [-0.39, 0.29) is 24.2 Å². The zero-order valence-corrected chi connectivity index (χ0v) is 15.0. The van der Waals surface area contributed by atoms with E-state index >= 15 is 0 Å². The molecule has 0 saturated heterocycles. The van der Waals surface area contributed by atoms with Gasteiger partial charge in [0.1, 0.15) is 11.2 Å². The lowest BCUT2D eigenvalue weighted by atomic mass is 10.2. The first kappa shape index (κ1) is 19.0. The van der Waals surface area contributed by atoms with Crippen molar-refractivity contribution in [1.29, 1.82) is 0 Å². The van der Waals surface area contributed by atoms with Gasteiger partial charge >= 0.3 is 5.97 Å². The van der Waals surface area contributed by atoms with E-state index in [1.54, 1.807) is 18.2 Å². The molecule has 1 N–H and O–H groups in total. The molecule has 0 saturated carbocycles. The highest BCUT2D eigenvalue weighted by atomic mass is 16.6. The van der Waals surface area contributed by atoms with E-state index in [1.807, 2.05) is 12.1 Å². The number of hydrogen-bond acceptors (Lipinski definition) is 7. The highest BCUT2D eigenvalue weighted by Gasteiger charge is 2.21. The number of hydrogen-bond donors (Lipinski definition) is 1. The lowest BCUT2D eigenvalue weighted by Crippen LogP contribution is -2.30. The molecule has 2 aromatic carbocycles. The number of fused-ring (bicyclic) bond motifs is 1. The molecule has 9 nitrogen and oxygen atoms in total. The van der Waals surface area contributed by atoms with Crippen molar-refractivity contribution in [3.05, 3.63) is 64.5 Å². The molecule has 9 heteroatoms. The molecule has 0 aliphatic rings. The van der Waals surface area contributed by atoms with Gasteiger partial charge in [0.25, 0.3) is 11.6 Å². The van der Waals surface area contributed by atoms with E-state index in [0.29, 0.717) is 17.0 Å². The standard InChI is InChI=1S/C19H17N3O6/c1-12(19(24)21-13-6-2-4-8-15(13)22(25)26)27-18(23)11-10-17-20-14-7-3-5-9-16(14)28-17/h2-9,12H,10-11H2,1H3,(H,21,24)/t12-/m1/s1. The number of carbonyl (C=O) groups excluding carboxylic acids is 2. The van der Waals surface area contributed by atoms with Gasteiger partial charge in [-0.15, -0.1) is 0 Å². The van der Waals surface area contributed by atoms with Gasteiger partial charge in [0.05, 0.1) is 11.3 Å². The summed E-state index contributed by atoms with van der Waals surface area (Å²) in [6.45, 7) is 1.39. The van der Waals surface area contributed by atoms with E-state index in [9.17, 15) is 19.7 Å². The van der Waals surface area contributed by atoms with Crippen molar-refractivity contribution >= 4 is 34.4 Å². The molecular weight excluding hydrogens is 366 g/mol. The Morgan fingerprint density at radius 3 is 2.68 bits per heavy atom. The number of esters is 1. The van der Waals surface area contributed by atoms with E-state index in [1.165, 1.54) is 25.1 Å². The Hall–Kier alpha value is -3.75. The number of ether oxygens (including phenoxy) is 1. The third kappa shape index (κ3) is 4.50. The number of amides is 1. The summed E-state index contributed by atoms with van der Waals surface area (Å²) < 4.78 is 10.6. The molecule has 28 heavy (non-hydrogen) atoms. The van der Waals surface area contributed by atoms with Crippen LogP contribution in [0, 0.1) is 10.1 Å². The number of nitrogens with one attached hydrogen (secondary N) is 1. The monoisotopic (exact) mass is 383 g/mol. The van der Waals surface area contributed by atoms with Crippen LogP contribution < -0.4 is 5.32 Å². The topological polar surface area (TPSA) is 125 Å². The van der Waals surface area contributed by atoms with Crippen LogP contribution in [0.15, 0.2) is 52.9 Å². The molecule has 1 aromatic heterocycles. The second kappa shape index (κ2) is 8.30. The number of nitro benzene ring substituents is 1. The lowest BCUT2D eigenvalue weighted by Gasteiger charge is -2.13. The van der Waals surface area contributed by atoms with Gasteiger partial charge < -0.3 is 14.5 Å². The van der Waals surface area contributed by atoms with Gasteiger partial charge in [0.15, 0.2) is 17.6 Å². The van der Waals surface area contributed by atoms with Crippen LogP contribution in [0.3, 0.4) is 0 Å². The third-order valence-corrected chi connectivity index (χ3v) is 3.92. The molecule has 0 bridgehead atoms. The van der Waals surface area contributed by atoms with Crippen molar-refractivity contribution in [2.24, 2.45) is 0 Å². The zero-order valence-electron chi connectivity index (χ0n) is 15.0. The SMILES string of the molecule is C[C@@H](OC(=O)CCc1nc2ccccc2o1)C(=O)Nc1ccccc1[N+](=O)[O-]. The Balaban J connectivity index is 1.53. The van der Waals surface area contributed by atoms with Gasteiger partial charge in [-0.3, -0.25) is 19.7 Å². The largest absolute Gasteiger partial charge is 0.453 e. The second-order valence-electron chi connectivity index (χ2n) is 5.97. The fraction of sp³-hybridized carbons (Fsp3) is 0.211. The highest BCUT2D eigenvalue weighted by molar-refractivity contribution is 5.96. The number of rotatable bonds is 7. The molecule has 3 aromatic rings. The number of nitrogens with zero attached hydrogens (tertiary/aromatic N) is 2. The first-order chi connectivity index (χ1) is 13.4. The third-order valence-electron chi connectivity index (χ3n) is 3.92. The smallest absolute Gasteiger partial charge is 0.307 e. The van der Waals surface area contributed by atoms with E-state index in [0.717, 1.165) is 0 Å². The van der Waals surface area contributed by atoms with Crippen molar-refractivity contribution in [3.63, 3.8) is 0 Å². The number of aryl methyl sites for hydroxylation is 1. The van der Waals surface area contributed by atoms with Gasteiger partial charge in [-0.05, 0) is 25.1 Å². The minimum Gasteiger partial charge on any atom is -0.453 e. The molecule has 0 radical (unpaired) electrons. The average Bonchev–Trinajstić information content (AvgIpc) is 3.09. The van der Waals surface area contributed by atoms with Crippen LogP contribution in [-0.4, -0.2) is 27.9 Å². The Morgan fingerprint density at radius 1 is 1.21 bits per heavy atom. The molecule has 0 fully saturated rings. The van der Waals surface area contributed by atoms with E-state index in [2.05, 4.69) is 10.3 Å². The van der Waals surface area contributed by atoms with Crippen molar-refractivity contribution in [1.82, 2.24) is 4.98 Å². The fourth-order valence-electron chi connectivity index (χ4n) is 2.52. The molecule has 3 rings (SSSR count). The molecule has 0 aliphatic carbocycles. The second-order valence-corrected chi connectivity index (χ2v) is 5.97. The fourth-order valence-corrected chi connectivity index (χ4v) is 2.52. The van der Waals surface area contributed by atoms with Crippen molar-refractivity contribution < 1.29 is 23.7 Å². The molecular formula is C19H17N3O6. The normalized spacial score (nSPS) is 11.8. The number of oxazole rings is 1. The minimum atomic E-state index is -1.11. The molecule has 0 aliphatic heterocycles. The van der Waals surface area contributed by atoms with Crippen molar-refractivity contribution in [3.8, 4) is 0 Å². The van der Waals surface area contributed by atoms with Crippen LogP contribution in [0.1, 0.15) is 19.2 Å². The van der Waals surface area contributed by atoms with Gasteiger partial charge in [-0.1, -0.05) is 24.3 Å². The lowest BCUT2D eigenvalue weighted by molar-refractivity contribution is -0.383. The molecule has 1 amide bonds. The van der Waals surface area contributed by atoms with Gasteiger partial charge in [0, 0.05) is 12.5 Å². The van der Waals surface area contributed by atoms with E-state index < -0.39 is 22.9 Å². The van der Waals surface area contributed by atoms with Crippen LogP contribution in [0.5, 0.6) is 0 Å². The summed E-state index contributed by atoms with van der Waals surface area (Å²) in [6.07, 6.45) is -0.905. The summed E-state index contributed by atoms with van der Waals surface area (Å²) in [4.78, 5) is 38.8. The molecule has 1 heterocycles. The van der Waals surface area contributed by atoms with Crippen LogP contribution in [0.4, 0.5) is 11.4 Å². The minimum absolute atomic E-state index is 0.0179. The summed E-state index contributed by atoms with van der Waals surface area (Å²) in [7, 11) is 0. The van der Waals surface area contributed by atoms with Gasteiger partial charge in [0.2, 0.25) is 0 Å². The molecule has 0 unspecified atom stereocenters. The van der Waals surface area contributed by atoms with Gasteiger partial charge in [-0.25, -0.2) is 4.98 Å². The van der Waals surface area contributed by atoms with Gasteiger partial charge in [-0.2, -0.15) is 0 Å². The Morgan fingerprint density at radius 2 is 1.93 bits per heavy atom. The summed E-state index contributed by atoms with van der Waals surface area (Å²) in [6, 6.07) is 13.0. The van der Waals surface area contributed by atoms with E-state index in [4.69, 9.17) is 9.15 Å². The first-order valence-corrected chi connectivity index (χ1v) is 8.52. The predicted octanol–water partition coefficient (Wildman–Crippen LogP) is 3.24. The van der Waals surface area contributed by atoms with Crippen LogP contribution in [0.2, 0.25) is 0 Å². The molecule has 144 valence electrons. The van der Waals surface area contributed by atoms with Crippen molar-refractivity contribution in [2.45, 2.75) is 25.9 Å². The quantitative estimate of drug-likeness (QED) is 0.377. The van der Waals surface area contributed by atoms with Crippen LogP contribution in [-0.2, 0) is 20.7 Å². The number of benzene rings is 2. The predicted molar refractivity (Wildman–Crippen MR) is 99.6 cm³/mol. The first-order valence-electron chi connectivity index (χ1n) is 8.52. The van der Waals surface area contributed by atoms with Crippen LogP contribution >= 0.6 is 0 Å². The van der Waals surface area contributed by atoms with Crippen molar-refractivity contribution in [2.75, 3.05) is 5.32 Å². The Labute approximate surface area is 159 Å². The summed E-state index contributed by atoms with van der Waals surface area (Å²) in [5, 5.41) is 13.4. The number of anilines is 1. The molecule has 0 spiro atoms. The number of carbonyl (C=O) groups is 2. The maximum atomic E-state index is 12.2. The number of nitro groups is 1.